The monoisotopic (exact) mass is 164 g/mol. The van der Waals surface area contributed by atoms with Gasteiger partial charge in [0.1, 0.15) is 0 Å². The molecule has 1 rings (SSSR count). The molecule has 0 radical (unpaired) electrons. The molecule has 0 unspecified atom stereocenters. The molecule has 0 N–H and O–H groups in total. The minimum atomic E-state index is 0.875. The van der Waals surface area contributed by atoms with Crippen LogP contribution < -0.4 is 0 Å². The zero-order valence-electron chi connectivity index (χ0n) is 8.13. The smallest absolute Gasteiger partial charge is 0.0230 e. The van der Waals surface area contributed by atoms with Crippen molar-refractivity contribution in [2.75, 3.05) is 0 Å². The van der Waals surface area contributed by atoms with Crippen LogP contribution in [0.25, 0.3) is 0 Å². The van der Waals surface area contributed by atoms with Gasteiger partial charge in [-0.3, -0.25) is 0 Å². The lowest BCUT2D eigenvalue weighted by molar-refractivity contribution is 0.419. The van der Waals surface area contributed by atoms with Crippen molar-refractivity contribution in [3.8, 4) is 0 Å². The largest absolute Gasteiger partial charge is 0.0848 e. The highest BCUT2D eigenvalue weighted by Crippen LogP contribution is 2.24. The molecular weight excluding hydrogens is 144 g/mol. The van der Waals surface area contributed by atoms with E-state index in [2.05, 4.69) is 31.2 Å². The molecule has 12 heavy (non-hydrogen) atoms. The summed E-state index contributed by atoms with van der Waals surface area (Å²) >= 11 is 0. The van der Waals surface area contributed by atoms with Crippen LogP contribution in [0.2, 0.25) is 0 Å². The van der Waals surface area contributed by atoms with Crippen LogP contribution in [0, 0.1) is 5.92 Å². The third-order valence-electron chi connectivity index (χ3n) is 2.52. The molecule has 0 spiro atoms. The lowest BCUT2D eigenvalue weighted by atomic mass is 9.89. The van der Waals surface area contributed by atoms with Crippen molar-refractivity contribution in [2.24, 2.45) is 5.92 Å². The Labute approximate surface area is 76.4 Å². The lowest BCUT2D eigenvalue weighted by Crippen LogP contribution is -2.02. The SMILES string of the molecule is CC/C=C\C=C\C1CCCCC1. The van der Waals surface area contributed by atoms with Crippen LogP contribution >= 0.6 is 0 Å². The highest BCUT2D eigenvalue weighted by Gasteiger charge is 2.08. The van der Waals surface area contributed by atoms with Gasteiger partial charge in [-0.1, -0.05) is 50.5 Å². The molecule has 0 aliphatic heterocycles. The van der Waals surface area contributed by atoms with Crippen LogP contribution in [0.1, 0.15) is 45.4 Å². The van der Waals surface area contributed by atoms with E-state index in [1.807, 2.05) is 0 Å². The van der Waals surface area contributed by atoms with Gasteiger partial charge in [-0.15, -0.1) is 0 Å². The first-order chi connectivity index (χ1) is 5.93. The first kappa shape index (κ1) is 9.57. The van der Waals surface area contributed by atoms with Gasteiger partial charge < -0.3 is 0 Å². The topological polar surface area (TPSA) is 0 Å². The molecule has 0 atom stereocenters. The second-order valence-electron chi connectivity index (χ2n) is 3.62. The van der Waals surface area contributed by atoms with Gasteiger partial charge in [0.05, 0.1) is 0 Å². The lowest BCUT2D eigenvalue weighted by Gasteiger charge is -2.17. The predicted octanol–water partition coefficient (Wildman–Crippen LogP) is 4.09. The van der Waals surface area contributed by atoms with Crippen molar-refractivity contribution in [1.29, 1.82) is 0 Å². The minimum absolute atomic E-state index is 0.875. The van der Waals surface area contributed by atoms with E-state index in [1.165, 1.54) is 32.1 Å². The number of hydrogen-bond acceptors (Lipinski definition) is 0. The van der Waals surface area contributed by atoms with Crippen molar-refractivity contribution < 1.29 is 0 Å². The summed E-state index contributed by atoms with van der Waals surface area (Å²) in [5.41, 5.74) is 0. The maximum absolute atomic E-state index is 2.38. The average molecular weight is 164 g/mol. The van der Waals surface area contributed by atoms with Crippen LogP contribution in [0.4, 0.5) is 0 Å². The Hall–Kier alpha value is -0.520. The molecule has 0 heteroatoms. The summed E-state index contributed by atoms with van der Waals surface area (Å²) in [5, 5.41) is 0. The molecule has 0 saturated heterocycles. The van der Waals surface area contributed by atoms with Gasteiger partial charge in [0.15, 0.2) is 0 Å². The van der Waals surface area contributed by atoms with E-state index in [-0.39, 0.29) is 0 Å². The number of hydrogen-bond donors (Lipinski definition) is 0. The molecule has 0 aromatic carbocycles. The molecule has 1 aliphatic rings. The summed E-state index contributed by atoms with van der Waals surface area (Å²) in [4.78, 5) is 0. The van der Waals surface area contributed by atoms with E-state index in [0.717, 1.165) is 12.3 Å². The molecule has 1 aliphatic carbocycles. The van der Waals surface area contributed by atoms with Gasteiger partial charge >= 0.3 is 0 Å². The average Bonchev–Trinajstić information content (AvgIpc) is 2.14. The molecule has 0 bridgehead atoms. The second kappa shape index (κ2) is 6.05. The van der Waals surface area contributed by atoms with Gasteiger partial charge in [-0.25, -0.2) is 0 Å². The quantitative estimate of drug-likeness (QED) is 0.551. The van der Waals surface area contributed by atoms with Gasteiger partial charge in [0.2, 0.25) is 0 Å². The summed E-state index contributed by atoms with van der Waals surface area (Å²) in [6, 6.07) is 0. The Morgan fingerprint density at radius 1 is 1.08 bits per heavy atom. The molecule has 0 aromatic heterocycles. The van der Waals surface area contributed by atoms with E-state index in [9.17, 15) is 0 Å². The van der Waals surface area contributed by atoms with Crippen LogP contribution in [0.15, 0.2) is 24.3 Å². The summed E-state index contributed by atoms with van der Waals surface area (Å²) in [6.07, 6.45) is 17.3. The molecule has 0 aromatic rings. The van der Waals surface area contributed by atoms with Gasteiger partial charge in [-0.2, -0.15) is 0 Å². The molecular formula is C12H20. The van der Waals surface area contributed by atoms with E-state index in [4.69, 9.17) is 0 Å². The van der Waals surface area contributed by atoms with Crippen molar-refractivity contribution in [2.45, 2.75) is 45.4 Å². The number of allylic oxidation sites excluding steroid dienone is 4. The van der Waals surface area contributed by atoms with Gasteiger partial charge in [0.25, 0.3) is 0 Å². The maximum Gasteiger partial charge on any atom is -0.0230 e. The molecule has 0 amide bonds. The molecule has 1 fully saturated rings. The Morgan fingerprint density at radius 2 is 1.83 bits per heavy atom. The zero-order valence-corrected chi connectivity index (χ0v) is 8.13. The van der Waals surface area contributed by atoms with Crippen LogP contribution in [-0.4, -0.2) is 0 Å². The highest BCUT2D eigenvalue weighted by atomic mass is 14.1. The van der Waals surface area contributed by atoms with Crippen molar-refractivity contribution in [3.63, 3.8) is 0 Å². The Bertz CT molecular complexity index is 147. The van der Waals surface area contributed by atoms with Crippen LogP contribution in [-0.2, 0) is 0 Å². The summed E-state index contributed by atoms with van der Waals surface area (Å²) in [6.45, 7) is 2.17. The Kier molecular flexibility index (Phi) is 4.82. The van der Waals surface area contributed by atoms with Crippen molar-refractivity contribution in [1.82, 2.24) is 0 Å². The van der Waals surface area contributed by atoms with Crippen LogP contribution in [0.5, 0.6) is 0 Å². The first-order valence-electron chi connectivity index (χ1n) is 5.27. The van der Waals surface area contributed by atoms with E-state index >= 15 is 0 Å². The Balaban J connectivity index is 2.19. The molecule has 68 valence electrons. The van der Waals surface area contributed by atoms with Crippen molar-refractivity contribution >= 4 is 0 Å². The highest BCUT2D eigenvalue weighted by molar-refractivity contribution is 5.04. The fourth-order valence-electron chi connectivity index (χ4n) is 1.76. The third-order valence-corrected chi connectivity index (χ3v) is 2.52. The van der Waals surface area contributed by atoms with Crippen molar-refractivity contribution in [3.05, 3.63) is 24.3 Å². The second-order valence-corrected chi connectivity index (χ2v) is 3.62. The summed E-state index contributed by atoms with van der Waals surface area (Å²) in [5.74, 6) is 0.875. The van der Waals surface area contributed by atoms with E-state index in [1.54, 1.807) is 0 Å². The molecule has 0 heterocycles. The maximum atomic E-state index is 2.38. The van der Waals surface area contributed by atoms with Gasteiger partial charge in [0, 0.05) is 0 Å². The normalized spacial score (nSPS) is 21.1. The number of rotatable bonds is 3. The fourth-order valence-corrected chi connectivity index (χ4v) is 1.76. The molecule has 1 saturated carbocycles. The van der Waals surface area contributed by atoms with E-state index in [0.29, 0.717) is 0 Å². The van der Waals surface area contributed by atoms with Gasteiger partial charge in [-0.05, 0) is 25.2 Å². The van der Waals surface area contributed by atoms with E-state index < -0.39 is 0 Å². The molecule has 0 nitrogen and oxygen atoms in total. The predicted molar refractivity (Wildman–Crippen MR) is 55.1 cm³/mol. The Morgan fingerprint density at radius 3 is 2.50 bits per heavy atom. The summed E-state index contributed by atoms with van der Waals surface area (Å²) in [7, 11) is 0. The minimum Gasteiger partial charge on any atom is -0.0848 e. The fraction of sp³-hybridized carbons (Fsp3) is 0.667. The standard InChI is InChI=1S/C12H20/c1-2-3-4-6-9-12-10-7-5-8-11-12/h3-4,6,9,12H,2,5,7-8,10-11H2,1H3/b4-3-,9-6+. The summed E-state index contributed by atoms with van der Waals surface area (Å²) < 4.78 is 0. The first-order valence-corrected chi connectivity index (χ1v) is 5.27. The third kappa shape index (κ3) is 3.75. The zero-order chi connectivity index (χ0) is 8.65. The van der Waals surface area contributed by atoms with Crippen LogP contribution in [0.3, 0.4) is 0 Å².